The maximum atomic E-state index is 6.25. The number of nitrogens with two attached hydrogens (primary N) is 1. The van der Waals surface area contributed by atoms with Crippen molar-refractivity contribution in [2.75, 3.05) is 0 Å². The summed E-state index contributed by atoms with van der Waals surface area (Å²) >= 11 is 0. The summed E-state index contributed by atoms with van der Waals surface area (Å²) in [6.07, 6.45) is 6.60. The fourth-order valence-electron chi connectivity index (χ4n) is 3.07. The third kappa shape index (κ3) is 3.47. The van der Waals surface area contributed by atoms with Crippen molar-refractivity contribution in [2.24, 2.45) is 11.7 Å². The maximum absolute atomic E-state index is 6.25. The molecule has 2 N–H and O–H groups in total. The molecular formula is C16H26N2O. The number of hydrogen-bond donors (Lipinski definition) is 1. The van der Waals surface area contributed by atoms with E-state index in [2.05, 4.69) is 11.9 Å². The second-order valence-corrected chi connectivity index (χ2v) is 5.71. The molecule has 2 rings (SSSR count). The van der Waals surface area contributed by atoms with Gasteiger partial charge in [-0.1, -0.05) is 19.8 Å². The number of rotatable bonds is 4. The van der Waals surface area contributed by atoms with Crippen LogP contribution in [0.15, 0.2) is 6.07 Å². The summed E-state index contributed by atoms with van der Waals surface area (Å²) in [7, 11) is 0. The van der Waals surface area contributed by atoms with Crippen LogP contribution >= 0.6 is 0 Å². The molecule has 3 nitrogen and oxygen atoms in total. The number of hydrogen-bond acceptors (Lipinski definition) is 3. The molecule has 0 spiro atoms. The first-order valence-corrected chi connectivity index (χ1v) is 7.47. The first-order chi connectivity index (χ1) is 9.13. The van der Waals surface area contributed by atoms with Crippen LogP contribution in [0.25, 0.3) is 0 Å². The molecule has 0 amide bonds. The summed E-state index contributed by atoms with van der Waals surface area (Å²) in [6.45, 7) is 6.80. The summed E-state index contributed by atoms with van der Waals surface area (Å²) in [4.78, 5) is 4.47. The molecule has 0 aromatic carbocycles. The Morgan fingerprint density at radius 1 is 1.37 bits per heavy atom. The molecule has 2 atom stereocenters. The second kappa shape index (κ2) is 6.38. The van der Waals surface area contributed by atoms with E-state index in [1.807, 2.05) is 19.9 Å². The summed E-state index contributed by atoms with van der Waals surface area (Å²) in [5, 5.41) is 0. The van der Waals surface area contributed by atoms with Crippen LogP contribution in [0.2, 0.25) is 0 Å². The normalized spacial score (nSPS) is 23.4. The van der Waals surface area contributed by atoms with Gasteiger partial charge in [0.25, 0.3) is 0 Å². The minimum atomic E-state index is 0.352. The summed E-state index contributed by atoms with van der Waals surface area (Å²) in [6, 6.07) is 2.03. The Morgan fingerprint density at radius 2 is 2.16 bits per heavy atom. The predicted molar refractivity (Wildman–Crippen MR) is 78.3 cm³/mol. The number of ether oxygens (including phenoxy) is 1. The lowest BCUT2D eigenvalue weighted by molar-refractivity contribution is 0.120. The highest BCUT2D eigenvalue weighted by Crippen LogP contribution is 2.31. The molecular weight excluding hydrogens is 236 g/mol. The Balaban J connectivity index is 2.14. The summed E-state index contributed by atoms with van der Waals surface area (Å²) in [5.74, 6) is 1.78. The number of aryl methyl sites for hydroxylation is 2. The van der Waals surface area contributed by atoms with Crippen molar-refractivity contribution < 1.29 is 4.74 Å². The molecule has 1 aliphatic rings. The van der Waals surface area contributed by atoms with Gasteiger partial charge in [0.15, 0.2) is 0 Å². The van der Waals surface area contributed by atoms with Gasteiger partial charge in [-0.25, -0.2) is 0 Å². The van der Waals surface area contributed by atoms with Crippen molar-refractivity contribution in [2.45, 2.75) is 65.5 Å². The van der Waals surface area contributed by atoms with Gasteiger partial charge in [0.1, 0.15) is 5.75 Å². The van der Waals surface area contributed by atoms with Crippen molar-refractivity contribution in [3.8, 4) is 5.75 Å². The van der Waals surface area contributed by atoms with E-state index < -0.39 is 0 Å². The highest BCUT2D eigenvalue weighted by atomic mass is 16.5. The molecule has 1 fully saturated rings. The topological polar surface area (TPSA) is 48.1 Å². The fraction of sp³-hybridized carbons (Fsp3) is 0.688. The average molecular weight is 262 g/mol. The Bertz CT molecular complexity index is 431. The second-order valence-electron chi connectivity index (χ2n) is 5.71. The molecule has 0 radical (unpaired) electrons. The monoisotopic (exact) mass is 262 g/mol. The Morgan fingerprint density at radius 3 is 2.84 bits per heavy atom. The molecule has 0 bridgehead atoms. The molecule has 19 heavy (non-hydrogen) atoms. The van der Waals surface area contributed by atoms with Gasteiger partial charge in [-0.2, -0.15) is 0 Å². The number of nitrogens with zero attached hydrogens (tertiary/aromatic N) is 1. The quantitative estimate of drug-likeness (QED) is 0.903. The molecule has 1 aromatic rings. The molecule has 1 aromatic heterocycles. The smallest absolute Gasteiger partial charge is 0.127 e. The van der Waals surface area contributed by atoms with Crippen molar-refractivity contribution in [3.05, 3.63) is 23.0 Å². The van der Waals surface area contributed by atoms with E-state index in [1.54, 1.807) is 0 Å². The molecule has 3 heteroatoms. The average Bonchev–Trinajstić information content (AvgIpc) is 2.38. The molecule has 106 valence electrons. The standard InChI is InChI=1S/C16H26N2O/c1-4-13-6-5-7-14(9-13)19-16-8-11(2)18-12(3)15(16)10-17/h8,13-14H,4-7,9-10,17H2,1-3H3. The third-order valence-corrected chi connectivity index (χ3v) is 4.23. The van der Waals surface area contributed by atoms with Crippen LogP contribution in [0.5, 0.6) is 5.75 Å². The van der Waals surface area contributed by atoms with Crippen LogP contribution < -0.4 is 10.5 Å². The van der Waals surface area contributed by atoms with Crippen LogP contribution in [0.4, 0.5) is 0 Å². The van der Waals surface area contributed by atoms with Gasteiger partial charge < -0.3 is 10.5 Å². The first-order valence-electron chi connectivity index (χ1n) is 7.47. The fourth-order valence-corrected chi connectivity index (χ4v) is 3.07. The van der Waals surface area contributed by atoms with Gasteiger partial charge in [0, 0.05) is 29.6 Å². The Hall–Kier alpha value is -1.09. The van der Waals surface area contributed by atoms with Crippen LogP contribution in [-0.4, -0.2) is 11.1 Å². The summed E-state index contributed by atoms with van der Waals surface area (Å²) in [5.41, 5.74) is 8.91. The van der Waals surface area contributed by atoms with Gasteiger partial charge in [-0.15, -0.1) is 0 Å². The molecule has 1 heterocycles. The van der Waals surface area contributed by atoms with Gasteiger partial charge in [0.05, 0.1) is 6.10 Å². The van der Waals surface area contributed by atoms with E-state index in [-0.39, 0.29) is 0 Å². The highest BCUT2D eigenvalue weighted by molar-refractivity contribution is 5.37. The van der Waals surface area contributed by atoms with Crippen LogP contribution in [0.1, 0.15) is 56.0 Å². The van der Waals surface area contributed by atoms with Crippen LogP contribution in [0, 0.1) is 19.8 Å². The zero-order chi connectivity index (χ0) is 13.8. The number of pyridine rings is 1. The number of aromatic nitrogens is 1. The maximum Gasteiger partial charge on any atom is 0.127 e. The first kappa shape index (κ1) is 14.3. The zero-order valence-corrected chi connectivity index (χ0v) is 12.4. The van der Waals surface area contributed by atoms with E-state index in [4.69, 9.17) is 10.5 Å². The summed E-state index contributed by atoms with van der Waals surface area (Å²) < 4.78 is 6.25. The lowest BCUT2D eigenvalue weighted by atomic mass is 9.85. The van der Waals surface area contributed by atoms with Gasteiger partial charge in [-0.05, 0) is 39.0 Å². The largest absolute Gasteiger partial charge is 0.490 e. The van der Waals surface area contributed by atoms with Crippen molar-refractivity contribution in [1.82, 2.24) is 4.98 Å². The van der Waals surface area contributed by atoms with E-state index in [1.165, 1.54) is 32.1 Å². The van der Waals surface area contributed by atoms with Gasteiger partial charge >= 0.3 is 0 Å². The SMILES string of the molecule is CCC1CCCC(Oc2cc(C)nc(C)c2CN)C1. The van der Waals surface area contributed by atoms with E-state index >= 15 is 0 Å². The lowest BCUT2D eigenvalue weighted by Gasteiger charge is -2.29. The predicted octanol–water partition coefficient (Wildman–Crippen LogP) is 3.50. The zero-order valence-electron chi connectivity index (χ0n) is 12.4. The van der Waals surface area contributed by atoms with Crippen molar-refractivity contribution in [3.63, 3.8) is 0 Å². The van der Waals surface area contributed by atoms with Crippen molar-refractivity contribution >= 4 is 0 Å². The molecule has 1 saturated carbocycles. The minimum Gasteiger partial charge on any atom is -0.490 e. The third-order valence-electron chi connectivity index (χ3n) is 4.23. The van der Waals surface area contributed by atoms with E-state index in [0.29, 0.717) is 12.6 Å². The van der Waals surface area contributed by atoms with Gasteiger partial charge in [0.2, 0.25) is 0 Å². The van der Waals surface area contributed by atoms with E-state index in [0.717, 1.165) is 28.6 Å². The van der Waals surface area contributed by atoms with Gasteiger partial charge in [-0.3, -0.25) is 4.98 Å². The molecule has 0 saturated heterocycles. The minimum absolute atomic E-state index is 0.352. The lowest BCUT2D eigenvalue weighted by Crippen LogP contribution is -2.26. The Kier molecular flexibility index (Phi) is 4.81. The molecule has 0 aliphatic heterocycles. The highest BCUT2D eigenvalue weighted by Gasteiger charge is 2.23. The van der Waals surface area contributed by atoms with Crippen molar-refractivity contribution in [1.29, 1.82) is 0 Å². The Labute approximate surface area is 116 Å². The molecule has 2 unspecified atom stereocenters. The molecule has 1 aliphatic carbocycles. The van der Waals surface area contributed by atoms with Crippen LogP contribution in [0.3, 0.4) is 0 Å². The van der Waals surface area contributed by atoms with E-state index in [9.17, 15) is 0 Å². The van der Waals surface area contributed by atoms with Crippen LogP contribution in [-0.2, 0) is 6.54 Å².